The molecule has 0 saturated carbocycles. The Bertz CT molecular complexity index is 979. The van der Waals surface area contributed by atoms with Crippen LogP contribution >= 0.6 is 0 Å². The summed E-state index contributed by atoms with van der Waals surface area (Å²) in [6, 6.07) is 6.20. The number of nitrogens with zero attached hydrogens (tertiary/aromatic N) is 2. The number of rotatable bonds is 7. The zero-order valence-electron chi connectivity index (χ0n) is 17.5. The first-order valence-corrected chi connectivity index (χ1v) is 9.77. The van der Waals surface area contributed by atoms with Gasteiger partial charge < -0.3 is 20.1 Å². The highest BCUT2D eigenvalue weighted by Gasteiger charge is 2.30. The van der Waals surface area contributed by atoms with E-state index in [4.69, 9.17) is 9.84 Å². The number of ether oxygens (including phenoxy) is 1. The summed E-state index contributed by atoms with van der Waals surface area (Å²) < 4.78 is 20.4. The minimum Gasteiger partial charge on any atom is -0.488 e. The van der Waals surface area contributed by atoms with Gasteiger partial charge in [0.15, 0.2) is 11.6 Å². The van der Waals surface area contributed by atoms with Crippen molar-refractivity contribution in [2.45, 2.75) is 39.3 Å². The third-order valence-corrected chi connectivity index (χ3v) is 5.03. The molecule has 2 aromatic rings. The molecule has 0 bridgehead atoms. The van der Waals surface area contributed by atoms with Crippen LogP contribution in [-0.2, 0) is 6.54 Å². The minimum atomic E-state index is -1.15. The van der Waals surface area contributed by atoms with Gasteiger partial charge in [0.1, 0.15) is 6.61 Å². The average molecular weight is 415 g/mol. The first-order chi connectivity index (χ1) is 14.1. The highest BCUT2D eigenvalue weighted by atomic mass is 19.1. The van der Waals surface area contributed by atoms with Crippen molar-refractivity contribution >= 4 is 12.0 Å². The van der Waals surface area contributed by atoms with Crippen molar-refractivity contribution in [2.75, 3.05) is 13.7 Å². The van der Waals surface area contributed by atoms with E-state index in [1.165, 1.54) is 12.1 Å². The summed E-state index contributed by atoms with van der Waals surface area (Å²) in [5, 5.41) is 11.6. The van der Waals surface area contributed by atoms with Crippen molar-refractivity contribution in [1.82, 2.24) is 15.2 Å². The van der Waals surface area contributed by atoms with Crippen LogP contribution in [0.4, 0.5) is 9.18 Å². The standard InChI is InChI=1S/C22H26FN3O4/c1-13(2)10-22(3,25-21(28)29)12-30-18-6-5-14(9-16(18)23)15-7-8-24-17-11-26(4)20(27)19(15)17/h5-9,13,25H,10-12H2,1-4H3,(H,28,29). The lowest BCUT2D eigenvalue weighted by molar-refractivity contribution is 0.0816. The Balaban J connectivity index is 1.83. The molecule has 2 heterocycles. The minimum absolute atomic E-state index is 0.0122. The van der Waals surface area contributed by atoms with E-state index in [0.717, 1.165) is 0 Å². The summed E-state index contributed by atoms with van der Waals surface area (Å²) in [5.41, 5.74) is 1.48. The molecule has 1 aromatic carbocycles. The molecule has 3 rings (SSSR count). The van der Waals surface area contributed by atoms with Crippen LogP contribution < -0.4 is 10.1 Å². The molecule has 2 amide bonds. The molecule has 1 aliphatic rings. The van der Waals surface area contributed by atoms with E-state index < -0.39 is 17.4 Å². The molecule has 30 heavy (non-hydrogen) atoms. The predicted molar refractivity (Wildman–Crippen MR) is 110 cm³/mol. The number of carboxylic acid groups (broad SMARTS) is 1. The first-order valence-electron chi connectivity index (χ1n) is 9.77. The fourth-order valence-corrected chi connectivity index (χ4v) is 3.92. The number of amides is 2. The van der Waals surface area contributed by atoms with Gasteiger partial charge in [0.2, 0.25) is 0 Å². The lowest BCUT2D eigenvalue weighted by atomic mass is 9.91. The van der Waals surface area contributed by atoms with E-state index in [0.29, 0.717) is 35.3 Å². The van der Waals surface area contributed by atoms with Crippen molar-refractivity contribution in [1.29, 1.82) is 0 Å². The Kier molecular flexibility index (Phi) is 5.96. The molecule has 0 spiro atoms. The van der Waals surface area contributed by atoms with Crippen molar-refractivity contribution < 1.29 is 23.8 Å². The van der Waals surface area contributed by atoms with Gasteiger partial charge in [-0.1, -0.05) is 19.9 Å². The lowest BCUT2D eigenvalue weighted by Gasteiger charge is -2.31. The molecule has 8 heteroatoms. The second kappa shape index (κ2) is 8.30. The van der Waals surface area contributed by atoms with Gasteiger partial charge in [-0.25, -0.2) is 9.18 Å². The number of pyridine rings is 1. The number of benzene rings is 1. The van der Waals surface area contributed by atoms with E-state index in [9.17, 15) is 14.0 Å². The van der Waals surface area contributed by atoms with E-state index in [-0.39, 0.29) is 24.2 Å². The van der Waals surface area contributed by atoms with Crippen LogP contribution in [0.1, 0.15) is 43.2 Å². The number of carbonyl (C=O) groups is 2. The summed E-state index contributed by atoms with van der Waals surface area (Å²) in [6.45, 7) is 6.10. The highest BCUT2D eigenvalue weighted by molar-refractivity contribution is 6.03. The topological polar surface area (TPSA) is 91.8 Å². The molecule has 1 atom stereocenters. The maximum atomic E-state index is 14.8. The number of hydrogen-bond donors (Lipinski definition) is 2. The highest BCUT2D eigenvalue weighted by Crippen LogP contribution is 2.33. The Morgan fingerprint density at radius 1 is 1.40 bits per heavy atom. The van der Waals surface area contributed by atoms with E-state index in [1.807, 2.05) is 13.8 Å². The molecule has 7 nitrogen and oxygen atoms in total. The summed E-state index contributed by atoms with van der Waals surface area (Å²) in [6.07, 6.45) is 0.995. The fourth-order valence-electron chi connectivity index (χ4n) is 3.92. The Morgan fingerprint density at radius 2 is 2.13 bits per heavy atom. The zero-order chi connectivity index (χ0) is 22.1. The van der Waals surface area contributed by atoms with E-state index in [1.54, 1.807) is 37.2 Å². The molecule has 1 aromatic heterocycles. The summed E-state index contributed by atoms with van der Waals surface area (Å²) in [5.74, 6) is -0.477. The zero-order valence-corrected chi connectivity index (χ0v) is 17.5. The second-order valence-corrected chi connectivity index (χ2v) is 8.36. The van der Waals surface area contributed by atoms with Crippen LogP contribution in [0, 0.1) is 11.7 Å². The Morgan fingerprint density at radius 3 is 2.77 bits per heavy atom. The van der Waals surface area contributed by atoms with Gasteiger partial charge in [0, 0.05) is 13.2 Å². The molecule has 1 unspecified atom stereocenters. The molecular weight excluding hydrogens is 389 g/mol. The van der Waals surface area contributed by atoms with E-state index in [2.05, 4.69) is 10.3 Å². The van der Waals surface area contributed by atoms with Crippen molar-refractivity contribution in [3.8, 4) is 16.9 Å². The molecule has 0 fully saturated rings. The first kappa shape index (κ1) is 21.5. The summed E-state index contributed by atoms with van der Waals surface area (Å²) >= 11 is 0. The predicted octanol–water partition coefficient (Wildman–Crippen LogP) is 3.92. The van der Waals surface area contributed by atoms with Crippen LogP contribution in [0.25, 0.3) is 11.1 Å². The maximum Gasteiger partial charge on any atom is 0.405 e. The van der Waals surface area contributed by atoms with Gasteiger partial charge >= 0.3 is 6.09 Å². The maximum absolute atomic E-state index is 14.8. The number of nitrogens with one attached hydrogen (secondary N) is 1. The van der Waals surface area contributed by atoms with Crippen molar-refractivity contribution in [2.24, 2.45) is 5.92 Å². The number of hydrogen-bond acceptors (Lipinski definition) is 4. The van der Waals surface area contributed by atoms with Crippen molar-refractivity contribution in [3.63, 3.8) is 0 Å². The van der Waals surface area contributed by atoms with Gasteiger partial charge in [-0.15, -0.1) is 0 Å². The Hall–Kier alpha value is -3.16. The lowest BCUT2D eigenvalue weighted by Crippen LogP contribution is -2.50. The van der Waals surface area contributed by atoms with Crippen LogP contribution in [-0.4, -0.2) is 46.2 Å². The van der Waals surface area contributed by atoms with Gasteiger partial charge in [-0.05, 0) is 48.6 Å². The average Bonchev–Trinajstić information content (AvgIpc) is 2.93. The molecular formula is C22H26FN3O4. The second-order valence-electron chi connectivity index (χ2n) is 8.36. The molecule has 0 saturated heterocycles. The quantitative estimate of drug-likeness (QED) is 0.715. The smallest absolute Gasteiger partial charge is 0.405 e. The number of halogens is 1. The SMILES string of the molecule is CC(C)CC(C)(COc1ccc(-c2ccnc3c2C(=O)N(C)C3)cc1F)NC(=O)O. The largest absolute Gasteiger partial charge is 0.488 e. The summed E-state index contributed by atoms with van der Waals surface area (Å²) in [4.78, 5) is 29.4. The molecule has 1 aliphatic heterocycles. The third-order valence-electron chi connectivity index (χ3n) is 5.03. The van der Waals surface area contributed by atoms with Crippen LogP contribution in [0.5, 0.6) is 5.75 Å². The van der Waals surface area contributed by atoms with Gasteiger partial charge in [0.25, 0.3) is 5.91 Å². The Labute approximate surface area is 174 Å². The monoisotopic (exact) mass is 415 g/mol. The molecule has 0 radical (unpaired) electrons. The third kappa shape index (κ3) is 4.53. The molecule has 160 valence electrons. The number of carbonyl (C=O) groups excluding carboxylic acids is 1. The van der Waals surface area contributed by atoms with Crippen molar-refractivity contribution in [3.05, 3.63) is 47.5 Å². The fraction of sp³-hybridized carbons (Fsp3) is 0.409. The normalized spacial score (nSPS) is 15.1. The number of aromatic nitrogens is 1. The summed E-state index contributed by atoms with van der Waals surface area (Å²) in [7, 11) is 1.70. The number of fused-ring (bicyclic) bond motifs is 1. The van der Waals surface area contributed by atoms with Crippen LogP contribution in [0.15, 0.2) is 30.5 Å². The molecule has 0 aliphatic carbocycles. The van der Waals surface area contributed by atoms with Crippen LogP contribution in [0.3, 0.4) is 0 Å². The van der Waals surface area contributed by atoms with Crippen LogP contribution in [0.2, 0.25) is 0 Å². The van der Waals surface area contributed by atoms with E-state index >= 15 is 0 Å². The van der Waals surface area contributed by atoms with Gasteiger partial charge in [-0.3, -0.25) is 9.78 Å². The van der Waals surface area contributed by atoms with Gasteiger partial charge in [-0.2, -0.15) is 0 Å². The van der Waals surface area contributed by atoms with Gasteiger partial charge in [0.05, 0.1) is 23.3 Å². The molecule has 2 N–H and O–H groups in total.